The third-order valence-corrected chi connectivity index (χ3v) is 2.93. The van der Waals surface area contributed by atoms with Gasteiger partial charge < -0.3 is 14.9 Å². The van der Waals surface area contributed by atoms with Crippen molar-refractivity contribution >= 4 is 0 Å². The number of rotatable bonds is 5. The van der Waals surface area contributed by atoms with E-state index < -0.39 is 0 Å². The Morgan fingerprint density at radius 1 is 1.38 bits per heavy atom. The lowest BCUT2D eigenvalue weighted by molar-refractivity contribution is 0.159. The highest BCUT2D eigenvalue weighted by Gasteiger charge is 2.16. The summed E-state index contributed by atoms with van der Waals surface area (Å²) in [6.45, 7) is 3.80. The van der Waals surface area contributed by atoms with Crippen molar-refractivity contribution in [1.82, 2.24) is 0 Å². The number of hydrogen-bond donors (Lipinski definition) is 2. The summed E-state index contributed by atoms with van der Waals surface area (Å²) in [6.07, 6.45) is 0.494. The second kappa shape index (κ2) is 5.87. The van der Waals surface area contributed by atoms with Gasteiger partial charge >= 0.3 is 0 Å². The lowest BCUT2D eigenvalue weighted by atomic mass is 9.91. The zero-order valence-corrected chi connectivity index (χ0v) is 10.1. The molecule has 0 radical (unpaired) electrons. The molecule has 2 unspecified atom stereocenters. The van der Waals surface area contributed by atoms with Crippen LogP contribution in [0, 0.1) is 0 Å². The van der Waals surface area contributed by atoms with Crippen LogP contribution in [0.3, 0.4) is 0 Å². The molecule has 0 bridgehead atoms. The molecule has 0 aromatic heterocycles. The number of aliphatic hydroxyl groups excluding tert-OH is 2. The van der Waals surface area contributed by atoms with E-state index in [1.807, 2.05) is 25.1 Å². The van der Waals surface area contributed by atoms with Gasteiger partial charge in [0.2, 0.25) is 0 Å². The Kier molecular flexibility index (Phi) is 4.77. The fourth-order valence-electron chi connectivity index (χ4n) is 1.98. The first-order valence-corrected chi connectivity index (χ1v) is 5.59. The first kappa shape index (κ1) is 13.0. The van der Waals surface area contributed by atoms with E-state index in [4.69, 9.17) is 9.84 Å². The van der Waals surface area contributed by atoms with Crippen LogP contribution in [-0.4, -0.2) is 23.4 Å². The van der Waals surface area contributed by atoms with E-state index in [1.54, 1.807) is 14.0 Å². The molecule has 0 heterocycles. The molecule has 0 fully saturated rings. The molecule has 0 saturated carbocycles. The van der Waals surface area contributed by atoms with Crippen molar-refractivity contribution in [2.24, 2.45) is 0 Å². The molecule has 1 rings (SSSR count). The summed E-state index contributed by atoms with van der Waals surface area (Å²) >= 11 is 0. The van der Waals surface area contributed by atoms with E-state index in [9.17, 15) is 5.11 Å². The van der Waals surface area contributed by atoms with E-state index in [2.05, 4.69) is 0 Å². The van der Waals surface area contributed by atoms with Gasteiger partial charge in [-0.3, -0.25) is 0 Å². The molecule has 3 nitrogen and oxygen atoms in total. The maximum Gasteiger partial charge on any atom is 0.124 e. The summed E-state index contributed by atoms with van der Waals surface area (Å²) < 4.78 is 5.21. The van der Waals surface area contributed by atoms with Crippen LogP contribution in [0.2, 0.25) is 0 Å². The van der Waals surface area contributed by atoms with Gasteiger partial charge in [-0.25, -0.2) is 0 Å². The zero-order valence-electron chi connectivity index (χ0n) is 10.1. The fourth-order valence-corrected chi connectivity index (χ4v) is 1.98. The third-order valence-electron chi connectivity index (χ3n) is 2.93. The predicted octanol–water partition coefficient (Wildman–Crippen LogP) is 2.06. The van der Waals surface area contributed by atoms with Gasteiger partial charge in [0.25, 0.3) is 0 Å². The van der Waals surface area contributed by atoms with Crippen LogP contribution in [0.15, 0.2) is 18.2 Å². The second-order valence-electron chi connectivity index (χ2n) is 3.98. The van der Waals surface area contributed by atoms with Crippen molar-refractivity contribution in [3.05, 3.63) is 29.3 Å². The smallest absolute Gasteiger partial charge is 0.124 e. The summed E-state index contributed by atoms with van der Waals surface area (Å²) in [5.74, 6) is 0.792. The van der Waals surface area contributed by atoms with Gasteiger partial charge in [0, 0.05) is 11.5 Å². The first-order valence-electron chi connectivity index (χ1n) is 5.59. The molecule has 90 valence electrons. The second-order valence-corrected chi connectivity index (χ2v) is 3.98. The molecule has 0 aliphatic carbocycles. The molecule has 3 heteroatoms. The Balaban J connectivity index is 3.06. The van der Waals surface area contributed by atoms with Gasteiger partial charge in [-0.05, 0) is 25.0 Å². The molecule has 0 amide bonds. The van der Waals surface area contributed by atoms with Crippen molar-refractivity contribution in [3.8, 4) is 5.75 Å². The summed E-state index contributed by atoms with van der Waals surface area (Å²) in [6, 6.07) is 5.68. The lowest BCUT2D eigenvalue weighted by Gasteiger charge is -2.19. The molecule has 2 atom stereocenters. The average Bonchev–Trinajstić information content (AvgIpc) is 2.29. The highest BCUT2D eigenvalue weighted by molar-refractivity contribution is 5.38. The summed E-state index contributed by atoms with van der Waals surface area (Å²) in [7, 11) is 1.58. The van der Waals surface area contributed by atoms with Crippen LogP contribution in [0.25, 0.3) is 0 Å². The molecule has 1 aromatic rings. The van der Waals surface area contributed by atoms with E-state index in [0.717, 1.165) is 17.5 Å². The molecular formula is C13H20O3. The van der Waals surface area contributed by atoms with Crippen molar-refractivity contribution in [2.75, 3.05) is 7.11 Å². The standard InChI is InChI=1S/C13H20O3/c1-4-12(9(2)15)10-5-6-11(8-14)13(7-10)16-3/h5-7,9,12,14-15H,4,8H2,1-3H3. The molecular weight excluding hydrogens is 204 g/mol. The molecule has 2 N–H and O–H groups in total. The van der Waals surface area contributed by atoms with Crippen molar-refractivity contribution in [2.45, 2.75) is 38.9 Å². The van der Waals surface area contributed by atoms with Gasteiger partial charge in [0.05, 0.1) is 19.8 Å². The van der Waals surface area contributed by atoms with Gasteiger partial charge in [-0.1, -0.05) is 19.1 Å². The molecule has 0 aliphatic heterocycles. The minimum Gasteiger partial charge on any atom is -0.496 e. The van der Waals surface area contributed by atoms with E-state index in [-0.39, 0.29) is 18.6 Å². The molecule has 1 aromatic carbocycles. The first-order chi connectivity index (χ1) is 7.63. The minimum absolute atomic E-state index is 0.0328. The van der Waals surface area contributed by atoms with Gasteiger partial charge in [0.1, 0.15) is 5.75 Å². The molecule has 0 aliphatic rings. The third kappa shape index (κ3) is 2.74. The fraction of sp³-hybridized carbons (Fsp3) is 0.538. The average molecular weight is 224 g/mol. The van der Waals surface area contributed by atoms with Crippen LogP contribution in [0.1, 0.15) is 37.3 Å². The number of aliphatic hydroxyl groups is 2. The SMILES string of the molecule is CCC(c1ccc(CO)c(OC)c1)C(C)O. The minimum atomic E-state index is -0.380. The number of hydrogen-bond acceptors (Lipinski definition) is 3. The van der Waals surface area contributed by atoms with Crippen LogP contribution in [0.4, 0.5) is 0 Å². The Labute approximate surface area is 96.7 Å². The van der Waals surface area contributed by atoms with Crippen molar-refractivity contribution in [3.63, 3.8) is 0 Å². The largest absolute Gasteiger partial charge is 0.496 e. The van der Waals surface area contributed by atoms with Crippen LogP contribution < -0.4 is 4.74 Å². The van der Waals surface area contributed by atoms with Crippen molar-refractivity contribution < 1.29 is 14.9 Å². The topological polar surface area (TPSA) is 49.7 Å². The number of benzene rings is 1. The van der Waals surface area contributed by atoms with E-state index >= 15 is 0 Å². The monoisotopic (exact) mass is 224 g/mol. The van der Waals surface area contributed by atoms with Gasteiger partial charge in [-0.15, -0.1) is 0 Å². The Bertz CT molecular complexity index is 334. The summed E-state index contributed by atoms with van der Waals surface area (Å²) in [4.78, 5) is 0. The highest BCUT2D eigenvalue weighted by Crippen LogP contribution is 2.28. The molecule has 16 heavy (non-hydrogen) atoms. The number of methoxy groups -OCH3 is 1. The van der Waals surface area contributed by atoms with E-state index in [0.29, 0.717) is 5.75 Å². The van der Waals surface area contributed by atoms with Crippen molar-refractivity contribution in [1.29, 1.82) is 0 Å². The van der Waals surface area contributed by atoms with Crippen LogP contribution >= 0.6 is 0 Å². The number of ether oxygens (including phenoxy) is 1. The predicted molar refractivity (Wildman–Crippen MR) is 63.6 cm³/mol. The van der Waals surface area contributed by atoms with Crippen LogP contribution in [0.5, 0.6) is 5.75 Å². The lowest BCUT2D eigenvalue weighted by Crippen LogP contribution is -2.14. The van der Waals surface area contributed by atoms with Gasteiger partial charge in [-0.2, -0.15) is 0 Å². The molecule has 0 spiro atoms. The Morgan fingerprint density at radius 2 is 2.06 bits per heavy atom. The van der Waals surface area contributed by atoms with Crippen LogP contribution in [-0.2, 0) is 6.61 Å². The normalized spacial score (nSPS) is 14.6. The summed E-state index contributed by atoms with van der Waals surface area (Å²) in [5, 5.41) is 18.8. The highest BCUT2D eigenvalue weighted by atomic mass is 16.5. The summed E-state index contributed by atoms with van der Waals surface area (Å²) in [5.41, 5.74) is 1.82. The maximum atomic E-state index is 9.67. The maximum absolute atomic E-state index is 9.67. The van der Waals surface area contributed by atoms with E-state index in [1.165, 1.54) is 0 Å². The Morgan fingerprint density at radius 3 is 2.50 bits per heavy atom. The zero-order chi connectivity index (χ0) is 12.1. The molecule has 0 saturated heterocycles. The van der Waals surface area contributed by atoms with Gasteiger partial charge in [0.15, 0.2) is 0 Å². The quantitative estimate of drug-likeness (QED) is 0.805. The Hall–Kier alpha value is -1.06.